The Hall–Kier alpha value is -3.19. The van der Waals surface area contributed by atoms with E-state index in [1.165, 1.54) is 11.3 Å². The number of aromatic nitrogens is 1. The Morgan fingerprint density at radius 1 is 1.21 bits per heavy atom. The predicted molar refractivity (Wildman–Crippen MR) is 113 cm³/mol. The maximum Gasteiger partial charge on any atom is 0.196 e. The van der Waals surface area contributed by atoms with Gasteiger partial charge in [0.25, 0.3) is 0 Å². The van der Waals surface area contributed by atoms with Crippen molar-refractivity contribution in [2.75, 3.05) is 26.9 Å². The van der Waals surface area contributed by atoms with Crippen molar-refractivity contribution in [3.05, 3.63) is 58.6 Å². The van der Waals surface area contributed by atoms with Crippen molar-refractivity contribution >= 4 is 23.3 Å². The van der Waals surface area contributed by atoms with Crippen molar-refractivity contribution in [1.29, 1.82) is 0 Å². The number of carbonyl (C=O) groups is 1. The maximum absolute atomic E-state index is 12.7. The third-order valence-electron chi connectivity index (χ3n) is 4.44. The second-order valence-corrected chi connectivity index (χ2v) is 7.43. The van der Waals surface area contributed by atoms with Crippen LogP contribution in [0.2, 0.25) is 0 Å². The Labute approximate surface area is 172 Å². The second-order valence-electron chi connectivity index (χ2n) is 6.43. The molecule has 3 aromatic rings. The van der Waals surface area contributed by atoms with Gasteiger partial charge in [-0.25, -0.2) is 4.98 Å². The van der Waals surface area contributed by atoms with Crippen LogP contribution in [0, 0.1) is 6.92 Å². The first-order valence-electron chi connectivity index (χ1n) is 9.19. The number of carbonyl (C=O) groups excluding carboxylic acids is 1. The van der Waals surface area contributed by atoms with Gasteiger partial charge in [-0.1, -0.05) is 6.07 Å². The van der Waals surface area contributed by atoms with Crippen LogP contribution in [0.15, 0.2) is 47.5 Å². The lowest BCUT2D eigenvalue weighted by Gasteiger charge is -2.20. The van der Waals surface area contributed by atoms with E-state index in [1.807, 2.05) is 49.4 Å². The molecule has 2 heterocycles. The summed E-state index contributed by atoms with van der Waals surface area (Å²) in [6.45, 7) is 2.94. The Bertz CT molecular complexity index is 1060. The Balaban J connectivity index is 1.50. The molecule has 0 atom stereocenters. The smallest absolute Gasteiger partial charge is 0.196 e. The van der Waals surface area contributed by atoms with Crippen LogP contribution in [0.1, 0.15) is 20.9 Å². The molecule has 6 nitrogen and oxygen atoms in total. The number of ketones is 1. The molecule has 1 aliphatic heterocycles. The van der Waals surface area contributed by atoms with Crippen molar-refractivity contribution in [1.82, 2.24) is 4.98 Å². The molecule has 4 rings (SSSR count). The van der Waals surface area contributed by atoms with Crippen molar-refractivity contribution in [2.24, 2.45) is 4.99 Å². The number of benzene rings is 2. The molecule has 29 heavy (non-hydrogen) atoms. The number of ether oxygens (including phenoxy) is 3. The number of para-hydroxylation sites is 1. The monoisotopic (exact) mass is 408 g/mol. The fraction of sp³-hybridized carbons (Fsp3) is 0.227. The zero-order chi connectivity index (χ0) is 20.2. The normalized spacial score (nSPS) is 12.9. The van der Waals surface area contributed by atoms with Crippen LogP contribution in [0.3, 0.4) is 0 Å². The van der Waals surface area contributed by atoms with Crippen LogP contribution in [0.25, 0.3) is 10.6 Å². The highest BCUT2D eigenvalue weighted by atomic mass is 32.1. The first kappa shape index (κ1) is 19.1. The summed E-state index contributed by atoms with van der Waals surface area (Å²) in [5.41, 5.74) is 2.45. The van der Waals surface area contributed by atoms with Crippen LogP contribution in [-0.4, -0.2) is 43.9 Å². The average Bonchev–Trinajstić information content (AvgIpc) is 3.15. The van der Waals surface area contributed by atoms with E-state index in [-0.39, 0.29) is 12.3 Å². The standard InChI is InChI=1S/C22H20N2O4S/c1-14-21(18(25)13-23-12-15-6-8-16(26-2)9-7-15)29-22(24-14)17-4-3-5-19-20(17)28-11-10-27-19/h3-9,12H,10-11,13H2,1-2H3. The Kier molecular flexibility index (Phi) is 5.57. The van der Waals surface area contributed by atoms with Crippen molar-refractivity contribution in [3.63, 3.8) is 0 Å². The molecule has 0 unspecified atom stereocenters. The van der Waals surface area contributed by atoms with Gasteiger partial charge in [-0.3, -0.25) is 9.79 Å². The quantitative estimate of drug-likeness (QED) is 0.452. The van der Waals surface area contributed by atoms with Gasteiger partial charge in [0.2, 0.25) is 0 Å². The highest BCUT2D eigenvalue weighted by molar-refractivity contribution is 7.17. The number of fused-ring (bicyclic) bond motifs is 1. The summed E-state index contributed by atoms with van der Waals surface area (Å²) >= 11 is 1.36. The minimum absolute atomic E-state index is 0.0574. The largest absolute Gasteiger partial charge is 0.497 e. The Morgan fingerprint density at radius 2 is 2.00 bits per heavy atom. The molecule has 0 saturated heterocycles. The summed E-state index contributed by atoms with van der Waals surface area (Å²) in [5.74, 6) is 2.11. The maximum atomic E-state index is 12.7. The van der Waals surface area contributed by atoms with Crippen molar-refractivity contribution < 1.29 is 19.0 Å². The van der Waals surface area contributed by atoms with E-state index in [1.54, 1.807) is 13.3 Å². The third-order valence-corrected chi connectivity index (χ3v) is 5.67. The van der Waals surface area contributed by atoms with Gasteiger partial charge in [0.05, 0.1) is 23.2 Å². The van der Waals surface area contributed by atoms with E-state index >= 15 is 0 Å². The fourth-order valence-corrected chi connectivity index (χ4v) is 4.03. The first-order valence-corrected chi connectivity index (χ1v) is 10.0. The van der Waals surface area contributed by atoms with Gasteiger partial charge in [-0.15, -0.1) is 11.3 Å². The molecule has 0 N–H and O–H groups in total. The highest BCUT2D eigenvalue weighted by Gasteiger charge is 2.21. The number of hydrogen-bond acceptors (Lipinski definition) is 7. The summed E-state index contributed by atoms with van der Waals surface area (Å²) in [7, 11) is 1.62. The lowest BCUT2D eigenvalue weighted by molar-refractivity contribution is 0.100. The molecular formula is C22H20N2O4S. The van der Waals surface area contributed by atoms with Gasteiger partial charge in [0.15, 0.2) is 17.3 Å². The topological polar surface area (TPSA) is 70.0 Å². The first-order chi connectivity index (χ1) is 14.2. The number of nitrogens with zero attached hydrogens (tertiary/aromatic N) is 2. The molecule has 0 bridgehead atoms. The number of rotatable bonds is 6. The second kappa shape index (κ2) is 8.45. The van der Waals surface area contributed by atoms with E-state index < -0.39 is 0 Å². The summed E-state index contributed by atoms with van der Waals surface area (Å²) in [6, 6.07) is 13.2. The summed E-state index contributed by atoms with van der Waals surface area (Å²) < 4.78 is 16.5. The van der Waals surface area contributed by atoms with Gasteiger partial charge < -0.3 is 14.2 Å². The molecule has 7 heteroatoms. The van der Waals surface area contributed by atoms with Crippen LogP contribution in [0.5, 0.6) is 17.2 Å². The lowest BCUT2D eigenvalue weighted by Crippen LogP contribution is -2.15. The average molecular weight is 408 g/mol. The molecule has 148 valence electrons. The number of Topliss-reactive ketones (excluding diaryl/α,β-unsaturated/α-hetero) is 1. The number of hydrogen-bond donors (Lipinski definition) is 0. The van der Waals surface area contributed by atoms with E-state index in [4.69, 9.17) is 14.2 Å². The zero-order valence-corrected chi connectivity index (χ0v) is 17.0. The van der Waals surface area contributed by atoms with Crippen molar-refractivity contribution in [2.45, 2.75) is 6.92 Å². The molecule has 0 aliphatic carbocycles. The minimum Gasteiger partial charge on any atom is -0.497 e. The van der Waals surface area contributed by atoms with Gasteiger partial charge in [-0.05, 0) is 48.9 Å². The molecular weight excluding hydrogens is 388 g/mol. The minimum atomic E-state index is -0.0574. The SMILES string of the molecule is COc1ccc(C=NCC(=O)c2sc(-c3cccc4c3OCCO4)nc2C)cc1. The van der Waals surface area contributed by atoms with E-state index in [0.717, 1.165) is 21.9 Å². The van der Waals surface area contributed by atoms with Crippen LogP contribution < -0.4 is 14.2 Å². The summed E-state index contributed by atoms with van der Waals surface area (Å²) in [6.07, 6.45) is 1.69. The number of aryl methyl sites for hydroxylation is 1. The van der Waals surface area contributed by atoms with Crippen LogP contribution in [0.4, 0.5) is 0 Å². The van der Waals surface area contributed by atoms with E-state index in [2.05, 4.69) is 9.98 Å². The summed E-state index contributed by atoms with van der Waals surface area (Å²) in [4.78, 5) is 22.2. The van der Waals surface area contributed by atoms with E-state index in [0.29, 0.717) is 35.3 Å². The third kappa shape index (κ3) is 4.14. The number of methoxy groups -OCH3 is 1. The Morgan fingerprint density at radius 3 is 2.79 bits per heavy atom. The van der Waals surface area contributed by atoms with Crippen molar-refractivity contribution in [3.8, 4) is 27.8 Å². The lowest BCUT2D eigenvalue weighted by atomic mass is 10.2. The molecule has 0 fully saturated rings. The molecule has 1 aromatic heterocycles. The molecule has 0 saturated carbocycles. The zero-order valence-electron chi connectivity index (χ0n) is 16.2. The molecule has 1 aliphatic rings. The molecule has 2 aromatic carbocycles. The molecule has 0 radical (unpaired) electrons. The van der Waals surface area contributed by atoms with E-state index in [9.17, 15) is 4.79 Å². The molecule has 0 amide bonds. The van der Waals surface area contributed by atoms with Gasteiger partial charge in [-0.2, -0.15) is 0 Å². The van der Waals surface area contributed by atoms with Crippen LogP contribution >= 0.6 is 11.3 Å². The molecule has 0 spiro atoms. The van der Waals surface area contributed by atoms with Gasteiger partial charge in [0.1, 0.15) is 30.5 Å². The van der Waals surface area contributed by atoms with Gasteiger partial charge in [0, 0.05) is 6.21 Å². The van der Waals surface area contributed by atoms with Gasteiger partial charge >= 0.3 is 0 Å². The van der Waals surface area contributed by atoms with Crippen LogP contribution in [-0.2, 0) is 0 Å². The number of thiazole rings is 1. The summed E-state index contributed by atoms with van der Waals surface area (Å²) in [5, 5.41) is 0.743. The predicted octanol–water partition coefficient (Wildman–Crippen LogP) is 4.20. The highest BCUT2D eigenvalue weighted by Crippen LogP contribution is 2.41. The fourth-order valence-electron chi connectivity index (χ4n) is 3.01. The number of aliphatic imine (C=N–C) groups is 1.